The molecule has 10 heteroatoms. The summed E-state index contributed by atoms with van der Waals surface area (Å²) in [6.07, 6.45) is 1.51. The third kappa shape index (κ3) is 3.08. The highest BCUT2D eigenvalue weighted by Gasteiger charge is 2.55. The van der Waals surface area contributed by atoms with Gasteiger partial charge in [0.25, 0.3) is 5.91 Å². The smallest absolute Gasteiger partial charge is 0.417 e. The number of amides is 3. The zero-order valence-corrected chi connectivity index (χ0v) is 16.8. The summed E-state index contributed by atoms with van der Waals surface area (Å²) in [6.45, 7) is 9.98. The second-order valence-corrected chi connectivity index (χ2v) is 7.81. The maximum absolute atomic E-state index is 13.1. The number of ether oxygens (including phenoxy) is 1. The van der Waals surface area contributed by atoms with E-state index in [9.17, 15) is 14.4 Å². The third-order valence-corrected chi connectivity index (χ3v) is 4.87. The summed E-state index contributed by atoms with van der Waals surface area (Å²) >= 11 is 0. The highest BCUT2D eigenvalue weighted by molar-refractivity contribution is 6.23. The Bertz CT molecular complexity index is 851. The predicted octanol–water partition coefficient (Wildman–Crippen LogP) is 0.106. The molecule has 1 fully saturated rings. The number of carbonyl (C=O) groups excluding carboxylic acids is 3. The summed E-state index contributed by atoms with van der Waals surface area (Å²) < 4.78 is 6.55. The van der Waals surface area contributed by atoms with Crippen LogP contribution in [0.15, 0.2) is 22.7 Å². The number of imide groups is 1. The van der Waals surface area contributed by atoms with Crippen molar-refractivity contribution in [3.63, 3.8) is 0 Å². The van der Waals surface area contributed by atoms with E-state index in [2.05, 4.69) is 16.7 Å². The Labute approximate surface area is 163 Å². The number of rotatable bonds is 4. The van der Waals surface area contributed by atoms with Gasteiger partial charge in [-0.3, -0.25) is 14.6 Å². The first-order chi connectivity index (χ1) is 13.1. The van der Waals surface area contributed by atoms with E-state index in [1.807, 2.05) is 20.8 Å². The van der Waals surface area contributed by atoms with E-state index < -0.39 is 18.0 Å². The van der Waals surface area contributed by atoms with Gasteiger partial charge in [0.2, 0.25) is 11.9 Å². The molecule has 0 aliphatic carbocycles. The van der Waals surface area contributed by atoms with Gasteiger partial charge in [0.15, 0.2) is 6.54 Å². The minimum atomic E-state index is -0.759. The van der Waals surface area contributed by atoms with Crippen LogP contribution in [-0.4, -0.2) is 94.6 Å². The number of hydrogen-bond donors (Lipinski definition) is 0. The van der Waals surface area contributed by atoms with Crippen LogP contribution in [0.3, 0.4) is 0 Å². The van der Waals surface area contributed by atoms with Gasteiger partial charge in [-0.05, 0) is 0 Å². The van der Waals surface area contributed by atoms with E-state index in [0.29, 0.717) is 18.3 Å². The number of carbonyl (C=O) groups is 3. The number of nitrogens with zero attached hydrogens (tertiary/aromatic N) is 6. The molecule has 0 aromatic heterocycles. The molecule has 10 nitrogen and oxygen atoms in total. The van der Waals surface area contributed by atoms with Gasteiger partial charge in [0, 0.05) is 19.0 Å². The molecule has 3 amide bonds. The predicted molar refractivity (Wildman–Crippen MR) is 102 cm³/mol. The molecule has 1 atom stereocenters. The molecule has 3 heterocycles. The van der Waals surface area contributed by atoms with Crippen molar-refractivity contribution >= 4 is 35.4 Å². The zero-order chi connectivity index (χ0) is 20.8. The Morgan fingerprint density at radius 3 is 2.64 bits per heavy atom. The van der Waals surface area contributed by atoms with E-state index in [0.717, 1.165) is 10.6 Å². The highest BCUT2D eigenvalue weighted by atomic mass is 16.5. The normalized spacial score (nSPS) is 22.0. The lowest BCUT2D eigenvalue weighted by Gasteiger charge is -2.34. The molecule has 0 radical (unpaired) electrons. The number of hydrazone groups is 1. The van der Waals surface area contributed by atoms with Crippen LogP contribution in [0.1, 0.15) is 20.8 Å². The second-order valence-electron chi connectivity index (χ2n) is 7.81. The van der Waals surface area contributed by atoms with Gasteiger partial charge in [-0.25, -0.2) is 14.2 Å². The lowest BCUT2D eigenvalue weighted by atomic mass is 9.89. The van der Waals surface area contributed by atoms with Crippen molar-refractivity contribution in [2.45, 2.75) is 26.8 Å². The molecule has 0 spiro atoms. The first-order valence-electron chi connectivity index (χ1n) is 8.94. The molecule has 1 saturated heterocycles. The molecule has 1 unspecified atom stereocenters. The Hall–Kier alpha value is -3.04. The van der Waals surface area contributed by atoms with Crippen LogP contribution in [-0.2, 0) is 14.3 Å². The van der Waals surface area contributed by atoms with Gasteiger partial charge in [0.05, 0.1) is 12.8 Å². The fourth-order valence-electron chi connectivity index (χ4n) is 3.23. The van der Waals surface area contributed by atoms with Crippen LogP contribution in [0, 0.1) is 5.41 Å². The highest BCUT2D eigenvalue weighted by Crippen LogP contribution is 2.26. The zero-order valence-electron chi connectivity index (χ0n) is 16.8. The van der Waals surface area contributed by atoms with Crippen LogP contribution in [0.4, 0.5) is 4.79 Å². The number of guanidine groups is 1. The molecule has 0 bridgehead atoms. The number of aliphatic imine (C=N–C) groups is 1. The van der Waals surface area contributed by atoms with Crippen LogP contribution >= 0.6 is 0 Å². The van der Waals surface area contributed by atoms with Crippen molar-refractivity contribution in [1.29, 1.82) is 0 Å². The molecule has 28 heavy (non-hydrogen) atoms. The lowest BCUT2D eigenvalue weighted by molar-refractivity contribution is -0.528. The van der Waals surface area contributed by atoms with Gasteiger partial charge >= 0.3 is 18.0 Å². The maximum atomic E-state index is 13.1. The van der Waals surface area contributed by atoms with Gasteiger partial charge in [0.1, 0.15) is 6.54 Å². The number of hydrogen-bond acceptors (Lipinski definition) is 7. The number of amidine groups is 1. The summed E-state index contributed by atoms with van der Waals surface area (Å²) in [7, 11) is 2.87. The molecule has 150 valence electrons. The van der Waals surface area contributed by atoms with E-state index in [1.165, 1.54) is 23.1 Å². The Balaban J connectivity index is 2.06. The van der Waals surface area contributed by atoms with E-state index >= 15 is 0 Å². The van der Waals surface area contributed by atoms with E-state index in [1.54, 1.807) is 11.6 Å². The van der Waals surface area contributed by atoms with Gasteiger partial charge in [-0.1, -0.05) is 31.8 Å². The van der Waals surface area contributed by atoms with Crippen molar-refractivity contribution in [2.24, 2.45) is 15.5 Å². The lowest BCUT2D eigenvalue weighted by Crippen LogP contribution is -2.63. The van der Waals surface area contributed by atoms with Gasteiger partial charge in [-0.2, -0.15) is 0 Å². The largest absolute Gasteiger partial charge is 0.467 e. The summed E-state index contributed by atoms with van der Waals surface area (Å²) in [6, 6.07) is -1.22. The molecule has 0 N–H and O–H groups in total. The average molecular weight is 389 g/mol. The summed E-state index contributed by atoms with van der Waals surface area (Å²) in [5.41, 5.74) is 0.502. The molecule has 3 rings (SSSR count). The first-order valence-corrected chi connectivity index (χ1v) is 8.94. The van der Waals surface area contributed by atoms with Crippen molar-refractivity contribution in [1.82, 2.24) is 14.8 Å². The van der Waals surface area contributed by atoms with Gasteiger partial charge in [-0.15, -0.1) is 16.7 Å². The Morgan fingerprint density at radius 2 is 2.07 bits per heavy atom. The molecular weight excluding hydrogens is 364 g/mol. The van der Waals surface area contributed by atoms with Gasteiger partial charge < -0.3 is 4.74 Å². The number of urea groups is 1. The fraction of sp³-hybridized carbons (Fsp3) is 0.556. The molecule has 0 aromatic carbocycles. The minimum Gasteiger partial charge on any atom is -0.467 e. The number of methoxy groups -OCH3 is 1. The average Bonchev–Trinajstić information content (AvgIpc) is 3.02. The summed E-state index contributed by atoms with van der Waals surface area (Å²) in [4.78, 5) is 44.5. The second kappa shape index (κ2) is 6.84. The number of esters is 1. The van der Waals surface area contributed by atoms with Crippen LogP contribution in [0.25, 0.3) is 0 Å². The van der Waals surface area contributed by atoms with Crippen LogP contribution < -0.4 is 0 Å². The molecule has 0 aromatic rings. The third-order valence-electron chi connectivity index (χ3n) is 4.87. The Kier molecular flexibility index (Phi) is 4.82. The molecular formula is C18H25N6O4+. The molecule has 3 aliphatic heterocycles. The van der Waals surface area contributed by atoms with Crippen LogP contribution in [0.2, 0.25) is 0 Å². The topological polar surface area (TPSA) is 97.9 Å². The molecule has 3 aliphatic rings. The standard InChI is InChI=1S/C18H25N6O4/c1-7-8-22-15(26)13-14(21(5)17(22)27)19-16-23(13)9-11(18(2,3)4)20-24(16)10-12(25)28-6/h7,13H,1,8-10H2,2-6H3/q+1. The van der Waals surface area contributed by atoms with Crippen molar-refractivity contribution in [3.05, 3.63) is 12.7 Å². The minimum absolute atomic E-state index is 0.112. The SMILES string of the molecule is C=CCN1C(=O)C2C(=NC3=[N+]2CC(C(C)(C)C)=NN3CC(=O)OC)N(C)C1=O. The van der Waals surface area contributed by atoms with Crippen molar-refractivity contribution in [3.8, 4) is 0 Å². The number of fused-ring (bicyclic) bond motifs is 2. The quantitative estimate of drug-likeness (QED) is 0.386. The van der Waals surface area contributed by atoms with Crippen LogP contribution in [0.5, 0.6) is 0 Å². The maximum Gasteiger partial charge on any atom is 0.417 e. The molecule has 0 saturated carbocycles. The fourth-order valence-corrected chi connectivity index (χ4v) is 3.23. The summed E-state index contributed by atoms with van der Waals surface area (Å²) in [5.74, 6) is -0.173. The summed E-state index contributed by atoms with van der Waals surface area (Å²) in [5, 5.41) is 6.02. The monoisotopic (exact) mass is 389 g/mol. The van der Waals surface area contributed by atoms with Crippen molar-refractivity contribution < 1.29 is 23.7 Å². The number of likely N-dealkylation sites (N-methyl/N-ethyl adjacent to an activating group) is 1. The van der Waals surface area contributed by atoms with Crippen molar-refractivity contribution in [2.75, 3.05) is 33.8 Å². The van der Waals surface area contributed by atoms with E-state index in [-0.39, 0.29) is 24.4 Å². The Morgan fingerprint density at radius 1 is 1.39 bits per heavy atom. The van der Waals surface area contributed by atoms with E-state index in [4.69, 9.17) is 4.74 Å². The first kappa shape index (κ1) is 19.7.